The van der Waals surface area contributed by atoms with Crippen LogP contribution in [-0.2, 0) is 0 Å². The standard InChI is InChI=1S/C16H19ClFN3O/c1-16(2)5-3-9(4-6-16)20-15(22)11-7-10-12(21-11)8-19-14(17)13(10)18/h7-9,21H,3-6H2,1-2H3,(H,20,22). The van der Waals surface area contributed by atoms with E-state index in [0.717, 1.165) is 25.7 Å². The summed E-state index contributed by atoms with van der Waals surface area (Å²) >= 11 is 5.66. The van der Waals surface area contributed by atoms with Crippen molar-refractivity contribution >= 4 is 28.4 Å². The van der Waals surface area contributed by atoms with Crippen LogP contribution in [0.1, 0.15) is 50.0 Å². The van der Waals surface area contributed by atoms with Crippen LogP contribution < -0.4 is 5.32 Å². The molecule has 0 bridgehead atoms. The minimum atomic E-state index is -0.603. The molecule has 0 spiro atoms. The molecular formula is C16H19ClFN3O. The van der Waals surface area contributed by atoms with Crippen LogP contribution in [0.25, 0.3) is 10.9 Å². The number of nitrogens with zero attached hydrogens (tertiary/aromatic N) is 1. The van der Waals surface area contributed by atoms with Crippen LogP contribution in [0.5, 0.6) is 0 Å². The number of fused-ring (bicyclic) bond motifs is 1. The molecule has 3 rings (SSSR count). The number of H-pyrrole nitrogens is 1. The summed E-state index contributed by atoms with van der Waals surface area (Å²) in [6, 6.07) is 1.67. The Morgan fingerprint density at radius 2 is 2.14 bits per heavy atom. The summed E-state index contributed by atoms with van der Waals surface area (Å²) in [6.45, 7) is 4.50. The first-order valence-corrected chi connectivity index (χ1v) is 7.87. The van der Waals surface area contributed by atoms with Gasteiger partial charge in [-0.15, -0.1) is 0 Å². The minimum absolute atomic E-state index is 0.179. The van der Waals surface area contributed by atoms with E-state index in [9.17, 15) is 9.18 Å². The van der Waals surface area contributed by atoms with E-state index in [1.807, 2.05) is 0 Å². The zero-order chi connectivity index (χ0) is 15.9. The average molecular weight is 324 g/mol. The van der Waals surface area contributed by atoms with Gasteiger partial charge in [-0.25, -0.2) is 9.37 Å². The number of hydrogen-bond donors (Lipinski definition) is 2. The number of nitrogens with one attached hydrogen (secondary N) is 2. The Kier molecular flexibility index (Phi) is 3.85. The van der Waals surface area contributed by atoms with Gasteiger partial charge in [0.1, 0.15) is 5.69 Å². The van der Waals surface area contributed by atoms with Gasteiger partial charge in [0, 0.05) is 11.4 Å². The maximum atomic E-state index is 13.9. The smallest absolute Gasteiger partial charge is 0.267 e. The summed E-state index contributed by atoms with van der Waals surface area (Å²) < 4.78 is 13.9. The highest BCUT2D eigenvalue weighted by Crippen LogP contribution is 2.35. The molecule has 4 nitrogen and oxygen atoms in total. The molecule has 0 aromatic carbocycles. The van der Waals surface area contributed by atoms with Crippen LogP contribution in [0, 0.1) is 11.2 Å². The van der Waals surface area contributed by atoms with Crippen molar-refractivity contribution in [2.75, 3.05) is 0 Å². The van der Waals surface area contributed by atoms with Crippen LogP contribution in [-0.4, -0.2) is 21.9 Å². The summed E-state index contributed by atoms with van der Waals surface area (Å²) in [7, 11) is 0. The van der Waals surface area contributed by atoms with Crippen molar-refractivity contribution in [2.24, 2.45) is 5.41 Å². The highest BCUT2D eigenvalue weighted by atomic mass is 35.5. The average Bonchev–Trinajstić information content (AvgIpc) is 2.90. The summed E-state index contributed by atoms with van der Waals surface area (Å²) in [5, 5.41) is 3.12. The number of carbonyl (C=O) groups excluding carboxylic acids is 1. The van der Waals surface area contributed by atoms with Crippen LogP contribution in [0.15, 0.2) is 12.3 Å². The van der Waals surface area contributed by atoms with Gasteiger partial charge in [-0.3, -0.25) is 4.79 Å². The van der Waals surface area contributed by atoms with Crippen LogP contribution >= 0.6 is 11.6 Å². The maximum Gasteiger partial charge on any atom is 0.267 e. The first kappa shape index (κ1) is 15.3. The van der Waals surface area contributed by atoms with E-state index in [1.165, 1.54) is 12.3 Å². The number of hydrogen-bond acceptors (Lipinski definition) is 2. The molecule has 1 aliphatic carbocycles. The quantitative estimate of drug-likeness (QED) is 0.819. The second-order valence-electron chi connectivity index (χ2n) is 6.79. The highest BCUT2D eigenvalue weighted by molar-refractivity contribution is 6.30. The fraction of sp³-hybridized carbons (Fsp3) is 0.500. The largest absolute Gasteiger partial charge is 0.349 e. The van der Waals surface area contributed by atoms with Gasteiger partial charge in [0.15, 0.2) is 11.0 Å². The van der Waals surface area contributed by atoms with Crippen molar-refractivity contribution in [3.63, 3.8) is 0 Å². The van der Waals surface area contributed by atoms with Gasteiger partial charge >= 0.3 is 0 Å². The summed E-state index contributed by atoms with van der Waals surface area (Å²) in [5.41, 5.74) is 1.16. The fourth-order valence-corrected chi connectivity index (χ4v) is 3.12. The molecule has 2 N–H and O–H groups in total. The second-order valence-corrected chi connectivity index (χ2v) is 7.14. The Morgan fingerprint density at radius 1 is 1.45 bits per heavy atom. The number of halogens is 2. The van der Waals surface area contributed by atoms with Crippen molar-refractivity contribution in [3.05, 3.63) is 28.9 Å². The molecule has 0 unspecified atom stereocenters. The molecule has 1 aliphatic rings. The highest BCUT2D eigenvalue weighted by Gasteiger charge is 2.28. The Morgan fingerprint density at radius 3 is 2.82 bits per heavy atom. The van der Waals surface area contributed by atoms with Crippen LogP contribution in [0.2, 0.25) is 5.15 Å². The van der Waals surface area contributed by atoms with Crippen molar-refractivity contribution < 1.29 is 9.18 Å². The molecule has 0 aliphatic heterocycles. The molecule has 0 radical (unpaired) electrons. The zero-order valence-corrected chi connectivity index (χ0v) is 13.4. The van der Waals surface area contributed by atoms with E-state index in [1.54, 1.807) is 0 Å². The van der Waals surface area contributed by atoms with E-state index < -0.39 is 5.82 Å². The van der Waals surface area contributed by atoms with Crippen LogP contribution in [0.4, 0.5) is 4.39 Å². The number of rotatable bonds is 2. The lowest BCUT2D eigenvalue weighted by molar-refractivity contribution is 0.0905. The Balaban J connectivity index is 1.74. The van der Waals surface area contributed by atoms with E-state index in [-0.39, 0.29) is 22.5 Å². The second kappa shape index (κ2) is 5.54. The van der Waals surface area contributed by atoms with Gasteiger partial charge in [-0.1, -0.05) is 25.4 Å². The summed E-state index contributed by atoms with van der Waals surface area (Å²) in [5.74, 6) is -0.815. The minimum Gasteiger partial charge on any atom is -0.349 e. The monoisotopic (exact) mass is 323 g/mol. The van der Waals surface area contributed by atoms with Gasteiger partial charge < -0.3 is 10.3 Å². The fourth-order valence-electron chi connectivity index (χ4n) is 2.97. The molecule has 0 saturated heterocycles. The molecule has 118 valence electrons. The third-order valence-corrected chi connectivity index (χ3v) is 4.76. The number of amides is 1. The zero-order valence-electron chi connectivity index (χ0n) is 12.7. The molecule has 6 heteroatoms. The first-order valence-electron chi connectivity index (χ1n) is 7.49. The lowest BCUT2D eigenvalue weighted by Crippen LogP contribution is -2.39. The summed E-state index contributed by atoms with van der Waals surface area (Å²) in [6.07, 6.45) is 5.57. The van der Waals surface area contributed by atoms with Crippen molar-refractivity contribution in [1.82, 2.24) is 15.3 Å². The van der Waals surface area contributed by atoms with Crippen molar-refractivity contribution in [2.45, 2.75) is 45.6 Å². The molecule has 2 heterocycles. The van der Waals surface area contributed by atoms with Gasteiger partial charge in [-0.2, -0.15) is 0 Å². The van der Waals surface area contributed by atoms with Crippen molar-refractivity contribution in [3.8, 4) is 0 Å². The molecular weight excluding hydrogens is 305 g/mol. The normalized spacial score (nSPS) is 18.5. The molecule has 1 amide bonds. The van der Waals surface area contributed by atoms with E-state index in [0.29, 0.717) is 16.6 Å². The Labute approximate surface area is 133 Å². The molecule has 22 heavy (non-hydrogen) atoms. The number of aromatic nitrogens is 2. The SMILES string of the molecule is CC1(C)CCC(NC(=O)c2cc3c(F)c(Cl)ncc3[nH]2)CC1. The lowest BCUT2D eigenvalue weighted by atomic mass is 9.75. The third-order valence-electron chi connectivity index (χ3n) is 4.49. The molecule has 1 fully saturated rings. The van der Waals surface area contributed by atoms with E-state index in [2.05, 4.69) is 29.1 Å². The van der Waals surface area contributed by atoms with Gasteiger partial charge in [0.25, 0.3) is 5.91 Å². The predicted octanol–water partition coefficient (Wildman–Crippen LogP) is 4.05. The van der Waals surface area contributed by atoms with Gasteiger partial charge in [-0.05, 0) is 37.2 Å². The van der Waals surface area contributed by atoms with Gasteiger partial charge in [0.2, 0.25) is 0 Å². The van der Waals surface area contributed by atoms with Gasteiger partial charge in [0.05, 0.1) is 11.7 Å². The number of aromatic amines is 1. The lowest BCUT2D eigenvalue weighted by Gasteiger charge is -2.34. The Bertz CT molecular complexity index is 715. The molecule has 0 atom stereocenters. The molecule has 2 aromatic rings. The predicted molar refractivity (Wildman–Crippen MR) is 84.6 cm³/mol. The maximum absolute atomic E-state index is 13.9. The third kappa shape index (κ3) is 2.95. The first-order chi connectivity index (χ1) is 10.4. The van der Waals surface area contributed by atoms with E-state index >= 15 is 0 Å². The van der Waals surface area contributed by atoms with Crippen molar-refractivity contribution in [1.29, 1.82) is 0 Å². The topological polar surface area (TPSA) is 57.8 Å². The number of pyridine rings is 1. The van der Waals surface area contributed by atoms with E-state index in [4.69, 9.17) is 11.6 Å². The molecule has 2 aromatic heterocycles. The number of carbonyl (C=O) groups is 1. The Hall–Kier alpha value is -1.62. The summed E-state index contributed by atoms with van der Waals surface area (Å²) in [4.78, 5) is 19.0. The molecule has 1 saturated carbocycles. The van der Waals surface area contributed by atoms with Crippen LogP contribution in [0.3, 0.4) is 0 Å².